The van der Waals surface area contributed by atoms with Gasteiger partial charge in [0.1, 0.15) is 5.82 Å². The van der Waals surface area contributed by atoms with Crippen LogP contribution in [0.4, 0.5) is 4.39 Å². The topological polar surface area (TPSA) is 77.5 Å². The molecule has 0 aliphatic rings. The van der Waals surface area contributed by atoms with Crippen molar-refractivity contribution in [3.05, 3.63) is 64.4 Å². The van der Waals surface area contributed by atoms with Gasteiger partial charge in [-0.05, 0) is 48.9 Å². The van der Waals surface area contributed by atoms with Crippen LogP contribution < -0.4 is 0 Å². The Labute approximate surface area is 155 Å². The first-order valence-electron chi connectivity index (χ1n) is 7.64. The lowest BCUT2D eigenvalue weighted by molar-refractivity contribution is 0.0494. The fraction of sp³-hybridized carbons (Fsp3) is 0.222. The second kappa shape index (κ2) is 8.42. The van der Waals surface area contributed by atoms with Gasteiger partial charge in [-0.2, -0.15) is 0 Å². The SMILES string of the molecule is CS(=O)(=O)c1ccc(Cl)c(C(=O)OCCCC(=O)c2ccc(F)cc2)c1. The molecule has 0 N–H and O–H groups in total. The molecule has 0 heterocycles. The Morgan fingerprint density at radius 3 is 2.38 bits per heavy atom. The van der Waals surface area contributed by atoms with Crippen LogP contribution in [0.3, 0.4) is 0 Å². The lowest BCUT2D eigenvalue weighted by atomic mass is 10.1. The van der Waals surface area contributed by atoms with Gasteiger partial charge in [0.15, 0.2) is 15.6 Å². The summed E-state index contributed by atoms with van der Waals surface area (Å²) in [5, 5.41) is 0.0739. The molecule has 0 aliphatic heterocycles. The standard InChI is InChI=1S/C18H16ClFO5S/c1-26(23,24)14-8-9-16(19)15(11-14)18(22)25-10-2-3-17(21)12-4-6-13(20)7-5-12/h4-9,11H,2-3,10H2,1H3. The number of halogens is 2. The Bertz CT molecular complexity index is 923. The molecule has 0 aliphatic carbocycles. The van der Waals surface area contributed by atoms with Crippen molar-refractivity contribution in [3.63, 3.8) is 0 Å². The van der Waals surface area contributed by atoms with Gasteiger partial charge in [-0.15, -0.1) is 0 Å². The number of benzene rings is 2. The van der Waals surface area contributed by atoms with Crippen molar-refractivity contribution in [2.75, 3.05) is 12.9 Å². The van der Waals surface area contributed by atoms with Gasteiger partial charge in [0.05, 0.1) is 22.1 Å². The molecule has 2 rings (SSSR count). The average Bonchev–Trinajstić information content (AvgIpc) is 2.58. The molecule has 0 saturated heterocycles. The molecule has 138 valence electrons. The van der Waals surface area contributed by atoms with Gasteiger partial charge in [0.25, 0.3) is 0 Å². The lowest BCUT2D eigenvalue weighted by Crippen LogP contribution is -2.10. The fourth-order valence-corrected chi connectivity index (χ4v) is 2.99. The predicted octanol–water partition coefficient (Wildman–Crippen LogP) is 3.70. The fourth-order valence-electron chi connectivity index (χ4n) is 2.15. The maximum Gasteiger partial charge on any atom is 0.339 e. The minimum absolute atomic E-state index is 0.0365. The van der Waals surface area contributed by atoms with Crippen LogP contribution in [0.2, 0.25) is 5.02 Å². The Morgan fingerprint density at radius 1 is 1.12 bits per heavy atom. The highest BCUT2D eigenvalue weighted by Gasteiger charge is 2.17. The maximum atomic E-state index is 12.8. The van der Waals surface area contributed by atoms with E-state index in [1.54, 1.807) is 0 Å². The summed E-state index contributed by atoms with van der Waals surface area (Å²) in [5.74, 6) is -1.39. The van der Waals surface area contributed by atoms with Gasteiger partial charge in [0, 0.05) is 18.2 Å². The number of esters is 1. The number of carbonyl (C=O) groups is 2. The smallest absolute Gasteiger partial charge is 0.339 e. The summed E-state index contributed by atoms with van der Waals surface area (Å²) >= 11 is 5.92. The van der Waals surface area contributed by atoms with E-state index in [2.05, 4.69) is 0 Å². The minimum Gasteiger partial charge on any atom is -0.462 e. The number of hydrogen-bond acceptors (Lipinski definition) is 5. The van der Waals surface area contributed by atoms with E-state index in [4.69, 9.17) is 16.3 Å². The monoisotopic (exact) mass is 398 g/mol. The van der Waals surface area contributed by atoms with Crippen molar-refractivity contribution < 1.29 is 27.1 Å². The Kier molecular flexibility index (Phi) is 6.50. The van der Waals surface area contributed by atoms with Gasteiger partial charge in [0.2, 0.25) is 0 Å². The molecule has 2 aromatic rings. The number of ketones is 1. The number of carbonyl (C=O) groups excluding carboxylic acids is 2. The van der Waals surface area contributed by atoms with Gasteiger partial charge in [-0.25, -0.2) is 17.6 Å². The molecular formula is C18H16ClFO5S. The predicted molar refractivity (Wildman–Crippen MR) is 94.8 cm³/mol. The second-order valence-corrected chi connectivity index (χ2v) is 8.01. The van der Waals surface area contributed by atoms with Crippen molar-refractivity contribution in [1.82, 2.24) is 0 Å². The van der Waals surface area contributed by atoms with Crippen molar-refractivity contribution in [3.8, 4) is 0 Å². The third kappa shape index (κ3) is 5.37. The molecule has 0 saturated carbocycles. The van der Waals surface area contributed by atoms with E-state index in [1.165, 1.54) is 36.4 Å². The maximum absolute atomic E-state index is 12.8. The molecule has 0 aromatic heterocycles. The van der Waals surface area contributed by atoms with Crippen molar-refractivity contribution in [2.45, 2.75) is 17.7 Å². The first-order valence-corrected chi connectivity index (χ1v) is 9.91. The zero-order chi connectivity index (χ0) is 19.3. The van der Waals surface area contributed by atoms with Crippen LogP contribution in [-0.2, 0) is 14.6 Å². The van der Waals surface area contributed by atoms with Crippen LogP contribution in [0.5, 0.6) is 0 Å². The van der Waals surface area contributed by atoms with Gasteiger partial charge < -0.3 is 4.74 Å². The highest BCUT2D eigenvalue weighted by atomic mass is 35.5. The second-order valence-electron chi connectivity index (χ2n) is 5.58. The van der Waals surface area contributed by atoms with E-state index in [9.17, 15) is 22.4 Å². The number of rotatable bonds is 7. The zero-order valence-electron chi connectivity index (χ0n) is 13.9. The quantitative estimate of drug-likeness (QED) is 0.403. The molecule has 5 nitrogen and oxygen atoms in total. The van der Waals surface area contributed by atoms with E-state index >= 15 is 0 Å². The Hall–Kier alpha value is -2.25. The minimum atomic E-state index is -3.48. The molecule has 0 unspecified atom stereocenters. The summed E-state index contributed by atoms with van der Waals surface area (Å²) in [6.45, 7) is -0.0365. The van der Waals surface area contributed by atoms with Crippen LogP contribution in [-0.4, -0.2) is 33.0 Å². The molecule has 0 radical (unpaired) electrons. The molecule has 0 amide bonds. The molecule has 8 heteroatoms. The van der Waals surface area contributed by atoms with Crippen molar-refractivity contribution in [2.24, 2.45) is 0 Å². The zero-order valence-corrected chi connectivity index (χ0v) is 15.4. The summed E-state index contributed by atoms with van der Waals surface area (Å²) in [5.41, 5.74) is 0.320. The van der Waals surface area contributed by atoms with Crippen LogP contribution in [0.25, 0.3) is 0 Å². The Morgan fingerprint density at radius 2 is 1.77 bits per heavy atom. The summed E-state index contributed by atoms with van der Waals surface area (Å²) in [6, 6.07) is 8.94. The van der Waals surface area contributed by atoms with E-state index in [1.807, 2.05) is 0 Å². The summed E-state index contributed by atoms with van der Waals surface area (Å²) in [6.07, 6.45) is 1.41. The van der Waals surface area contributed by atoms with Crippen molar-refractivity contribution in [1.29, 1.82) is 0 Å². The number of sulfone groups is 1. The highest BCUT2D eigenvalue weighted by Crippen LogP contribution is 2.21. The van der Waals surface area contributed by atoms with Gasteiger partial charge in [-0.3, -0.25) is 4.79 Å². The number of ether oxygens (including phenoxy) is 1. The number of hydrogen-bond donors (Lipinski definition) is 0. The molecule has 0 spiro atoms. The molecule has 2 aromatic carbocycles. The molecule has 0 bridgehead atoms. The van der Waals surface area contributed by atoms with E-state index < -0.39 is 21.6 Å². The van der Waals surface area contributed by atoms with E-state index in [0.29, 0.717) is 5.56 Å². The summed E-state index contributed by atoms with van der Waals surface area (Å²) < 4.78 is 41.0. The van der Waals surface area contributed by atoms with Gasteiger partial charge >= 0.3 is 5.97 Å². The van der Waals surface area contributed by atoms with Crippen LogP contribution in [0.15, 0.2) is 47.4 Å². The van der Waals surface area contributed by atoms with Crippen LogP contribution >= 0.6 is 11.6 Å². The largest absolute Gasteiger partial charge is 0.462 e. The summed E-state index contributed by atoms with van der Waals surface area (Å²) in [4.78, 5) is 24.0. The van der Waals surface area contributed by atoms with Crippen LogP contribution in [0.1, 0.15) is 33.6 Å². The molecular weight excluding hydrogens is 383 g/mol. The first-order chi connectivity index (χ1) is 12.2. The normalized spacial score (nSPS) is 11.2. The highest BCUT2D eigenvalue weighted by molar-refractivity contribution is 7.90. The Balaban J connectivity index is 1.91. The third-order valence-electron chi connectivity index (χ3n) is 3.53. The molecule has 0 fully saturated rings. The van der Waals surface area contributed by atoms with E-state index in [-0.39, 0.29) is 40.7 Å². The first kappa shape index (κ1) is 20.1. The van der Waals surface area contributed by atoms with Crippen molar-refractivity contribution >= 4 is 33.2 Å². The van der Waals surface area contributed by atoms with Gasteiger partial charge in [-0.1, -0.05) is 11.6 Å². The number of Topliss-reactive ketones (excluding diaryl/α,β-unsaturated/α-hetero) is 1. The molecule has 26 heavy (non-hydrogen) atoms. The summed E-state index contributed by atoms with van der Waals surface area (Å²) in [7, 11) is -3.48. The van der Waals surface area contributed by atoms with E-state index in [0.717, 1.165) is 12.3 Å². The molecule has 0 atom stereocenters. The average molecular weight is 399 g/mol. The van der Waals surface area contributed by atoms with Crippen LogP contribution in [0, 0.1) is 5.82 Å². The lowest BCUT2D eigenvalue weighted by Gasteiger charge is -2.08. The third-order valence-corrected chi connectivity index (χ3v) is 4.97.